The molecule has 0 aromatic heterocycles. The zero-order valence-corrected chi connectivity index (χ0v) is 16.0. The fraction of sp³-hybridized carbons (Fsp3) is 0.250. The third-order valence-corrected chi connectivity index (χ3v) is 5.68. The van der Waals surface area contributed by atoms with Crippen LogP contribution in [-0.4, -0.2) is 29.5 Å². The first kappa shape index (κ1) is 19.0. The van der Waals surface area contributed by atoms with Gasteiger partial charge in [0.2, 0.25) is 17.7 Å². The van der Waals surface area contributed by atoms with Gasteiger partial charge in [0.05, 0.1) is 17.5 Å². The molecule has 1 atom stereocenters. The second kappa shape index (κ2) is 8.26. The van der Waals surface area contributed by atoms with Gasteiger partial charge in [0.15, 0.2) is 0 Å². The van der Waals surface area contributed by atoms with Gasteiger partial charge in [0.1, 0.15) is 0 Å². The molecule has 0 saturated heterocycles. The molecule has 1 aliphatic rings. The van der Waals surface area contributed by atoms with E-state index in [-0.39, 0.29) is 30.7 Å². The number of anilines is 2. The van der Waals surface area contributed by atoms with E-state index in [1.807, 2.05) is 56.3 Å². The summed E-state index contributed by atoms with van der Waals surface area (Å²) >= 11 is 1.36. The summed E-state index contributed by atoms with van der Waals surface area (Å²) in [5, 5.41) is 7.67. The fourth-order valence-corrected chi connectivity index (χ4v) is 3.84. The molecule has 0 fully saturated rings. The van der Waals surface area contributed by atoms with Crippen molar-refractivity contribution in [3.63, 3.8) is 0 Å². The predicted molar refractivity (Wildman–Crippen MR) is 107 cm³/mol. The average Bonchev–Trinajstić information content (AvgIpc) is 2.64. The fourth-order valence-electron chi connectivity index (χ4n) is 2.73. The maximum Gasteiger partial charge on any atom is 0.243 e. The molecule has 3 rings (SSSR count). The normalized spacial score (nSPS) is 15.5. The molecule has 3 N–H and O–H groups in total. The lowest BCUT2D eigenvalue weighted by Gasteiger charge is -2.23. The average molecular weight is 383 g/mol. The number of hydrogen-bond donors (Lipinski definition) is 3. The van der Waals surface area contributed by atoms with Crippen molar-refractivity contribution >= 4 is 40.9 Å². The third-order valence-electron chi connectivity index (χ3n) is 4.40. The van der Waals surface area contributed by atoms with E-state index in [9.17, 15) is 14.4 Å². The number of thioether (sulfide) groups is 1. The Morgan fingerprint density at radius 1 is 1.07 bits per heavy atom. The van der Waals surface area contributed by atoms with Crippen LogP contribution in [0.25, 0.3) is 0 Å². The topological polar surface area (TPSA) is 87.3 Å². The van der Waals surface area contributed by atoms with Gasteiger partial charge < -0.3 is 16.0 Å². The Morgan fingerprint density at radius 2 is 1.85 bits per heavy atom. The van der Waals surface area contributed by atoms with Gasteiger partial charge in [-0.25, -0.2) is 0 Å². The van der Waals surface area contributed by atoms with Crippen molar-refractivity contribution in [3.8, 4) is 0 Å². The second-order valence-electron chi connectivity index (χ2n) is 6.37. The third kappa shape index (κ3) is 4.68. The van der Waals surface area contributed by atoms with Gasteiger partial charge in [-0.2, -0.15) is 0 Å². The number of fused-ring (bicyclic) bond motifs is 1. The predicted octanol–water partition coefficient (Wildman–Crippen LogP) is 2.86. The standard InChI is InChI=1S/C20H21N3O3S/c1-12-6-5-8-14(13(12)2)22-19(25)11-21-18(24)10-17-20(26)23-15-7-3-4-9-16(15)27-17/h3-9,17H,10-11H2,1-2H3,(H,21,24)(H,22,25)(H,23,26)/t17-/m0/s1. The van der Waals surface area contributed by atoms with E-state index in [0.717, 1.165) is 27.4 Å². The quantitative estimate of drug-likeness (QED) is 0.741. The van der Waals surface area contributed by atoms with E-state index < -0.39 is 5.25 Å². The number of benzene rings is 2. The Kier molecular flexibility index (Phi) is 5.81. The summed E-state index contributed by atoms with van der Waals surface area (Å²) in [6.45, 7) is 3.76. The van der Waals surface area contributed by atoms with Crippen LogP contribution >= 0.6 is 11.8 Å². The van der Waals surface area contributed by atoms with Crippen molar-refractivity contribution in [2.75, 3.05) is 17.2 Å². The largest absolute Gasteiger partial charge is 0.347 e. The maximum atomic E-state index is 12.2. The Labute approximate surface area is 162 Å². The molecule has 0 saturated carbocycles. The lowest BCUT2D eigenvalue weighted by molar-refractivity contribution is -0.125. The van der Waals surface area contributed by atoms with Gasteiger partial charge >= 0.3 is 0 Å². The smallest absolute Gasteiger partial charge is 0.243 e. The summed E-state index contributed by atoms with van der Waals surface area (Å²) in [5.41, 5.74) is 3.56. The number of para-hydroxylation sites is 1. The van der Waals surface area contributed by atoms with E-state index in [1.165, 1.54) is 11.8 Å². The first-order valence-electron chi connectivity index (χ1n) is 8.63. The minimum atomic E-state index is -0.512. The van der Waals surface area contributed by atoms with Crippen LogP contribution in [0.2, 0.25) is 0 Å². The number of carbonyl (C=O) groups excluding carboxylic acids is 3. The second-order valence-corrected chi connectivity index (χ2v) is 7.61. The highest BCUT2D eigenvalue weighted by Crippen LogP contribution is 2.36. The Bertz CT molecular complexity index is 898. The van der Waals surface area contributed by atoms with Crippen molar-refractivity contribution in [1.82, 2.24) is 5.32 Å². The molecule has 0 spiro atoms. The number of rotatable bonds is 5. The molecular formula is C20H21N3O3S. The molecule has 1 heterocycles. The molecule has 2 aromatic carbocycles. The summed E-state index contributed by atoms with van der Waals surface area (Å²) in [7, 11) is 0. The lowest BCUT2D eigenvalue weighted by atomic mass is 10.1. The summed E-state index contributed by atoms with van der Waals surface area (Å²) in [5.74, 6) is -0.838. The zero-order chi connectivity index (χ0) is 19.4. The van der Waals surface area contributed by atoms with Crippen LogP contribution in [0.1, 0.15) is 17.5 Å². The van der Waals surface area contributed by atoms with E-state index in [0.29, 0.717) is 0 Å². The summed E-state index contributed by atoms with van der Waals surface area (Å²) in [6, 6.07) is 13.1. The number of aryl methyl sites for hydroxylation is 1. The molecule has 1 aliphatic heterocycles. The first-order valence-corrected chi connectivity index (χ1v) is 9.51. The monoisotopic (exact) mass is 383 g/mol. The van der Waals surface area contributed by atoms with Crippen LogP contribution in [0.5, 0.6) is 0 Å². The summed E-state index contributed by atoms with van der Waals surface area (Å²) in [4.78, 5) is 37.3. The SMILES string of the molecule is Cc1cccc(NC(=O)CNC(=O)C[C@@H]2Sc3ccccc3NC2=O)c1C. The van der Waals surface area contributed by atoms with Crippen LogP contribution in [0, 0.1) is 13.8 Å². The van der Waals surface area contributed by atoms with Crippen molar-refractivity contribution in [3.05, 3.63) is 53.6 Å². The van der Waals surface area contributed by atoms with Crippen LogP contribution in [0.3, 0.4) is 0 Å². The minimum Gasteiger partial charge on any atom is -0.347 e. The first-order chi connectivity index (χ1) is 12.9. The van der Waals surface area contributed by atoms with Crippen LogP contribution < -0.4 is 16.0 Å². The zero-order valence-electron chi connectivity index (χ0n) is 15.2. The Morgan fingerprint density at radius 3 is 2.67 bits per heavy atom. The number of hydrogen-bond acceptors (Lipinski definition) is 4. The molecule has 7 heteroatoms. The molecular weight excluding hydrogens is 362 g/mol. The lowest BCUT2D eigenvalue weighted by Crippen LogP contribution is -2.37. The highest BCUT2D eigenvalue weighted by Gasteiger charge is 2.28. The molecule has 27 heavy (non-hydrogen) atoms. The van der Waals surface area contributed by atoms with Gasteiger partial charge in [-0.3, -0.25) is 14.4 Å². The van der Waals surface area contributed by atoms with E-state index in [2.05, 4.69) is 16.0 Å². The van der Waals surface area contributed by atoms with E-state index in [1.54, 1.807) is 0 Å². The van der Waals surface area contributed by atoms with Crippen molar-refractivity contribution in [2.45, 2.75) is 30.4 Å². The number of nitrogens with one attached hydrogen (secondary N) is 3. The molecule has 0 unspecified atom stereocenters. The van der Waals surface area contributed by atoms with Crippen LogP contribution in [0.15, 0.2) is 47.4 Å². The summed E-state index contributed by atoms with van der Waals surface area (Å²) in [6.07, 6.45) is 0.0155. The van der Waals surface area contributed by atoms with Crippen LogP contribution in [0.4, 0.5) is 11.4 Å². The van der Waals surface area contributed by atoms with Gasteiger partial charge in [0, 0.05) is 17.0 Å². The Hall–Kier alpha value is -2.80. The van der Waals surface area contributed by atoms with Crippen molar-refractivity contribution in [1.29, 1.82) is 0 Å². The molecule has 2 aromatic rings. The molecule has 0 bridgehead atoms. The van der Waals surface area contributed by atoms with Gasteiger partial charge in [-0.1, -0.05) is 24.3 Å². The summed E-state index contributed by atoms with van der Waals surface area (Å²) < 4.78 is 0. The Balaban J connectivity index is 1.50. The van der Waals surface area contributed by atoms with E-state index >= 15 is 0 Å². The van der Waals surface area contributed by atoms with Crippen molar-refractivity contribution < 1.29 is 14.4 Å². The molecule has 0 radical (unpaired) electrons. The maximum absolute atomic E-state index is 12.2. The molecule has 140 valence electrons. The highest BCUT2D eigenvalue weighted by atomic mass is 32.2. The molecule has 0 aliphatic carbocycles. The van der Waals surface area contributed by atoms with Gasteiger partial charge in [0.25, 0.3) is 0 Å². The molecule has 6 nitrogen and oxygen atoms in total. The van der Waals surface area contributed by atoms with Gasteiger partial charge in [-0.15, -0.1) is 11.8 Å². The number of amides is 3. The highest BCUT2D eigenvalue weighted by molar-refractivity contribution is 8.01. The van der Waals surface area contributed by atoms with Crippen molar-refractivity contribution in [2.24, 2.45) is 0 Å². The minimum absolute atomic E-state index is 0.0155. The molecule has 3 amide bonds. The van der Waals surface area contributed by atoms with Crippen LogP contribution in [-0.2, 0) is 14.4 Å². The van der Waals surface area contributed by atoms with E-state index in [4.69, 9.17) is 0 Å². The van der Waals surface area contributed by atoms with Gasteiger partial charge in [-0.05, 0) is 43.2 Å². The number of carbonyl (C=O) groups is 3.